The number of allylic oxidation sites excluding steroid dienone is 2. The first kappa shape index (κ1) is 19.1. The third-order valence-electron chi connectivity index (χ3n) is 5.40. The second kappa shape index (κ2) is 8.44. The summed E-state index contributed by atoms with van der Waals surface area (Å²) in [6, 6.07) is 22.5. The van der Waals surface area contributed by atoms with Crippen molar-refractivity contribution in [3.63, 3.8) is 0 Å². The molecule has 4 rings (SSSR count). The second-order valence-corrected chi connectivity index (χ2v) is 7.69. The largest absolute Gasteiger partial charge is 0.343 e. The van der Waals surface area contributed by atoms with E-state index in [-0.39, 0.29) is 5.91 Å². The monoisotopic (exact) mass is 382 g/mol. The van der Waals surface area contributed by atoms with Crippen LogP contribution in [-0.4, -0.2) is 29.9 Å². The average molecular weight is 383 g/mol. The minimum Gasteiger partial charge on any atom is -0.343 e. The molecule has 1 aliphatic carbocycles. The second-order valence-electron chi connectivity index (χ2n) is 7.69. The maximum Gasteiger partial charge on any atom is 0.272 e. The highest BCUT2D eigenvalue weighted by Crippen LogP contribution is 2.38. The van der Waals surface area contributed by atoms with Gasteiger partial charge >= 0.3 is 0 Å². The van der Waals surface area contributed by atoms with Crippen molar-refractivity contribution in [2.24, 2.45) is 0 Å². The number of carbonyl (C=O) groups excluding carboxylic acids is 1. The summed E-state index contributed by atoms with van der Waals surface area (Å²) in [4.78, 5) is 19.7. The van der Waals surface area contributed by atoms with E-state index in [2.05, 4.69) is 24.3 Å². The Hall–Kier alpha value is -3.20. The Morgan fingerprint density at radius 1 is 0.897 bits per heavy atom. The number of aromatic nitrogens is 1. The van der Waals surface area contributed by atoms with Gasteiger partial charge < -0.3 is 4.90 Å². The molecule has 0 saturated heterocycles. The first-order valence-corrected chi connectivity index (χ1v) is 10.2. The molecule has 1 aliphatic rings. The van der Waals surface area contributed by atoms with Crippen LogP contribution in [-0.2, 0) is 0 Å². The Labute approximate surface area is 172 Å². The summed E-state index contributed by atoms with van der Waals surface area (Å²) in [7, 11) is 3.57. The number of hydrogen-bond acceptors (Lipinski definition) is 2. The van der Waals surface area contributed by atoms with Gasteiger partial charge in [0.15, 0.2) is 0 Å². The summed E-state index contributed by atoms with van der Waals surface area (Å²) in [6.45, 7) is 0. The van der Waals surface area contributed by atoms with E-state index in [1.807, 2.05) is 48.5 Å². The van der Waals surface area contributed by atoms with Crippen LogP contribution in [0, 0.1) is 0 Å². The van der Waals surface area contributed by atoms with Crippen molar-refractivity contribution >= 4 is 11.5 Å². The molecule has 0 saturated carbocycles. The topological polar surface area (TPSA) is 33.2 Å². The zero-order valence-electron chi connectivity index (χ0n) is 17.1. The molecule has 146 valence electrons. The molecular formula is C26H26N2O. The van der Waals surface area contributed by atoms with E-state index in [4.69, 9.17) is 4.98 Å². The molecule has 29 heavy (non-hydrogen) atoms. The Kier molecular flexibility index (Phi) is 5.57. The first-order valence-electron chi connectivity index (χ1n) is 10.2. The van der Waals surface area contributed by atoms with E-state index in [1.54, 1.807) is 19.0 Å². The molecule has 0 unspecified atom stereocenters. The van der Waals surface area contributed by atoms with Crippen LogP contribution in [0.5, 0.6) is 0 Å². The van der Waals surface area contributed by atoms with Crippen LogP contribution in [0.1, 0.15) is 41.7 Å². The number of benzene rings is 2. The van der Waals surface area contributed by atoms with Gasteiger partial charge in [-0.05, 0) is 48.4 Å². The van der Waals surface area contributed by atoms with E-state index >= 15 is 0 Å². The summed E-state index contributed by atoms with van der Waals surface area (Å²) < 4.78 is 0. The van der Waals surface area contributed by atoms with Crippen LogP contribution < -0.4 is 0 Å². The molecule has 0 radical (unpaired) electrons. The Bertz CT molecular complexity index is 1040. The van der Waals surface area contributed by atoms with Crippen LogP contribution in [0.4, 0.5) is 0 Å². The van der Waals surface area contributed by atoms with Crippen molar-refractivity contribution in [1.82, 2.24) is 9.88 Å². The number of amides is 1. The van der Waals surface area contributed by atoms with E-state index < -0.39 is 0 Å². The molecule has 0 atom stereocenters. The smallest absolute Gasteiger partial charge is 0.272 e. The highest BCUT2D eigenvalue weighted by atomic mass is 16.2. The lowest BCUT2D eigenvalue weighted by molar-refractivity contribution is 0.0823. The quantitative estimate of drug-likeness (QED) is 0.548. The number of nitrogens with zero attached hydrogens (tertiary/aromatic N) is 2. The van der Waals surface area contributed by atoms with Crippen LogP contribution in [0.15, 0.2) is 72.8 Å². The van der Waals surface area contributed by atoms with Crippen molar-refractivity contribution in [1.29, 1.82) is 0 Å². The summed E-state index contributed by atoms with van der Waals surface area (Å²) in [5, 5.41) is 0. The highest BCUT2D eigenvalue weighted by Gasteiger charge is 2.24. The van der Waals surface area contributed by atoms with Crippen LogP contribution in [0.2, 0.25) is 0 Å². The standard InChI is InChI=1S/C26H26N2O/c1-28(2)26(29)25-24(21-16-10-5-11-17-21)22(19-12-6-3-7-13-19)18-23(27-25)20-14-8-4-9-15-20/h4-5,8-12,14-18H,3,6-7,13H2,1-2H3. The Morgan fingerprint density at radius 3 is 2.14 bits per heavy atom. The van der Waals surface area contributed by atoms with Gasteiger partial charge in [-0.25, -0.2) is 4.98 Å². The maximum absolute atomic E-state index is 13.2. The van der Waals surface area contributed by atoms with E-state index in [9.17, 15) is 4.79 Å². The van der Waals surface area contributed by atoms with Gasteiger partial charge in [0.1, 0.15) is 5.69 Å². The molecule has 1 heterocycles. The van der Waals surface area contributed by atoms with Gasteiger partial charge in [0.2, 0.25) is 0 Å². The molecule has 0 fully saturated rings. The normalized spacial score (nSPS) is 13.7. The SMILES string of the molecule is CN(C)C(=O)c1nc(-c2ccccc2)cc(C2=CCCCC2)c1-c1ccccc1. The number of hydrogen-bond donors (Lipinski definition) is 0. The Balaban J connectivity index is 2.03. The predicted molar refractivity (Wildman–Crippen MR) is 120 cm³/mol. The molecular weight excluding hydrogens is 356 g/mol. The van der Waals surface area contributed by atoms with E-state index in [1.165, 1.54) is 18.4 Å². The van der Waals surface area contributed by atoms with Crippen molar-refractivity contribution in [2.45, 2.75) is 25.7 Å². The lowest BCUT2D eigenvalue weighted by Gasteiger charge is -2.22. The third kappa shape index (κ3) is 4.00. The molecule has 0 aliphatic heterocycles. The minimum absolute atomic E-state index is 0.0701. The van der Waals surface area contributed by atoms with Crippen LogP contribution in [0.3, 0.4) is 0 Å². The summed E-state index contributed by atoms with van der Waals surface area (Å²) >= 11 is 0. The summed E-state index contributed by atoms with van der Waals surface area (Å²) in [6.07, 6.45) is 6.87. The number of rotatable bonds is 4. The fraction of sp³-hybridized carbons (Fsp3) is 0.231. The van der Waals surface area contributed by atoms with Gasteiger partial charge in [-0.3, -0.25) is 4.79 Å². The predicted octanol–water partition coefficient (Wildman–Crippen LogP) is 6.07. The van der Waals surface area contributed by atoms with Crippen LogP contribution >= 0.6 is 0 Å². The zero-order valence-corrected chi connectivity index (χ0v) is 17.1. The molecule has 3 nitrogen and oxygen atoms in total. The number of pyridine rings is 1. The van der Waals surface area contributed by atoms with Gasteiger partial charge in [-0.1, -0.05) is 66.7 Å². The molecule has 2 aromatic carbocycles. The molecule has 3 heteroatoms. The first-order chi connectivity index (χ1) is 14.1. The van der Waals surface area contributed by atoms with Crippen molar-refractivity contribution < 1.29 is 4.79 Å². The molecule has 1 aromatic heterocycles. The van der Waals surface area contributed by atoms with Gasteiger partial charge in [-0.2, -0.15) is 0 Å². The van der Waals surface area contributed by atoms with Gasteiger partial charge in [0.05, 0.1) is 5.69 Å². The van der Waals surface area contributed by atoms with Crippen LogP contribution in [0.25, 0.3) is 28.0 Å². The van der Waals surface area contributed by atoms with Gasteiger partial charge in [-0.15, -0.1) is 0 Å². The minimum atomic E-state index is -0.0701. The van der Waals surface area contributed by atoms with Crippen molar-refractivity contribution in [3.05, 3.63) is 84.1 Å². The van der Waals surface area contributed by atoms with Gasteiger partial charge in [0, 0.05) is 25.2 Å². The van der Waals surface area contributed by atoms with Gasteiger partial charge in [0.25, 0.3) is 5.91 Å². The fourth-order valence-electron chi connectivity index (χ4n) is 3.90. The molecule has 0 bridgehead atoms. The molecule has 0 N–H and O–H groups in total. The average Bonchev–Trinajstić information content (AvgIpc) is 2.79. The number of carbonyl (C=O) groups is 1. The third-order valence-corrected chi connectivity index (χ3v) is 5.40. The Morgan fingerprint density at radius 2 is 1.55 bits per heavy atom. The summed E-state index contributed by atoms with van der Waals surface area (Å²) in [5.74, 6) is -0.0701. The van der Waals surface area contributed by atoms with Crippen molar-refractivity contribution in [3.8, 4) is 22.4 Å². The zero-order chi connectivity index (χ0) is 20.2. The molecule has 1 amide bonds. The van der Waals surface area contributed by atoms with Crippen molar-refractivity contribution in [2.75, 3.05) is 14.1 Å². The van der Waals surface area contributed by atoms with E-state index in [0.717, 1.165) is 40.8 Å². The van der Waals surface area contributed by atoms with E-state index in [0.29, 0.717) is 5.69 Å². The molecule has 3 aromatic rings. The molecule has 0 spiro atoms. The fourth-order valence-corrected chi connectivity index (χ4v) is 3.90. The lowest BCUT2D eigenvalue weighted by Crippen LogP contribution is -2.24. The summed E-state index contributed by atoms with van der Waals surface area (Å²) in [5.41, 5.74) is 6.82. The maximum atomic E-state index is 13.2. The highest BCUT2D eigenvalue weighted by molar-refractivity contribution is 6.02. The lowest BCUT2D eigenvalue weighted by atomic mass is 9.86.